The Morgan fingerprint density at radius 2 is 2.00 bits per heavy atom. The van der Waals surface area contributed by atoms with Crippen molar-refractivity contribution in [2.75, 3.05) is 6.54 Å². The fourth-order valence-electron chi connectivity index (χ4n) is 2.32. The number of ether oxygens (including phenoxy) is 1. The van der Waals surface area contributed by atoms with Crippen molar-refractivity contribution in [3.8, 4) is 5.75 Å². The molecule has 1 aromatic rings. The molecule has 108 valence electrons. The predicted molar refractivity (Wildman–Crippen MR) is 78.2 cm³/mol. The van der Waals surface area contributed by atoms with E-state index in [0.717, 1.165) is 25.8 Å². The quantitative estimate of drug-likeness (QED) is 0.766. The van der Waals surface area contributed by atoms with Crippen molar-refractivity contribution in [3.63, 3.8) is 0 Å². The van der Waals surface area contributed by atoms with Crippen LogP contribution in [0.5, 0.6) is 5.75 Å². The lowest BCUT2D eigenvalue weighted by atomic mass is 10.0. The zero-order chi connectivity index (χ0) is 14.3. The fourth-order valence-corrected chi connectivity index (χ4v) is 2.32. The minimum Gasteiger partial charge on any atom is -0.486 e. The van der Waals surface area contributed by atoms with Crippen LogP contribution < -0.4 is 10.1 Å². The van der Waals surface area contributed by atoms with Gasteiger partial charge >= 0.3 is 0 Å². The van der Waals surface area contributed by atoms with Gasteiger partial charge in [-0.15, -0.1) is 0 Å². The van der Waals surface area contributed by atoms with E-state index in [4.69, 9.17) is 4.74 Å². The third-order valence-electron chi connectivity index (χ3n) is 3.35. The van der Waals surface area contributed by atoms with Crippen LogP contribution in [0.2, 0.25) is 0 Å². The Morgan fingerprint density at radius 1 is 1.26 bits per heavy atom. The summed E-state index contributed by atoms with van der Waals surface area (Å²) in [6.07, 6.45) is 3.01. The third-order valence-corrected chi connectivity index (χ3v) is 3.35. The Bertz CT molecular complexity index is 375. The average Bonchev–Trinajstić information content (AvgIpc) is 2.40. The van der Waals surface area contributed by atoms with Gasteiger partial charge in [-0.25, -0.2) is 4.39 Å². The summed E-state index contributed by atoms with van der Waals surface area (Å²) in [6.45, 7) is 8.99. The van der Waals surface area contributed by atoms with E-state index in [1.807, 2.05) is 6.07 Å². The lowest BCUT2D eigenvalue weighted by Gasteiger charge is -2.28. The molecule has 0 radical (unpaired) electrons. The first kappa shape index (κ1) is 16.0. The maximum absolute atomic E-state index is 14.0. The Hall–Kier alpha value is -1.09. The number of halogens is 1. The fraction of sp³-hybridized carbons (Fsp3) is 0.625. The lowest BCUT2D eigenvalue weighted by molar-refractivity contribution is 0.137. The van der Waals surface area contributed by atoms with E-state index in [-0.39, 0.29) is 18.0 Å². The van der Waals surface area contributed by atoms with E-state index < -0.39 is 0 Å². The molecule has 2 unspecified atom stereocenters. The molecule has 2 atom stereocenters. The van der Waals surface area contributed by atoms with Crippen molar-refractivity contribution < 1.29 is 9.13 Å². The number of nitrogens with one attached hydrogen (secondary N) is 1. The highest BCUT2D eigenvalue weighted by atomic mass is 19.1. The maximum Gasteiger partial charge on any atom is 0.167 e. The van der Waals surface area contributed by atoms with Crippen LogP contribution in [0.15, 0.2) is 18.2 Å². The van der Waals surface area contributed by atoms with Gasteiger partial charge in [0.05, 0.1) is 0 Å². The molecule has 0 aromatic heterocycles. The topological polar surface area (TPSA) is 21.3 Å². The molecule has 0 saturated carbocycles. The summed E-state index contributed by atoms with van der Waals surface area (Å²) in [5, 5.41) is 3.44. The van der Waals surface area contributed by atoms with Gasteiger partial charge < -0.3 is 10.1 Å². The van der Waals surface area contributed by atoms with Gasteiger partial charge in [0, 0.05) is 6.04 Å². The van der Waals surface area contributed by atoms with Crippen molar-refractivity contribution in [2.45, 2.75) is 59.1 Å². The molecule has 0 aliphatic carbocycles. The summed E-state index contributed by atoms with van der Waals surface area (Å²) in [4.78, 5) is 0. The zero-order valence-corrected chi connectivity index (χ0v) is 12.5. The second-order valence-corrected chi connectivity index (χ2v) is 4.90. The Balaban J connectivity index is 2.82. The van der Waals surface area contributed by atoms with E-state index in [0.29, 0.717) is 11.3 Å². The van der Waals surface area contributed by atoms with Gasteiger partial charge in [-0.05, 0) is 37.9 Å². The van der Waals surface area contributed by atoms with Gasteiger partial charge in [-0.2, -0.15) is 0 Å². The van der Waals surface area contributed by atoms with E-state index in [2.05, 4.69) is 26.1 Å². The monoisotopic (exact) mass is 267 g/mol. The van der Waals surface area contributed by atoms with Gasteiger partial charge in [0.25, 0.3) is 0 Å². The summed E-state index contributed by atoms with van der Waals surface area (Å²) in [5.74, 6) is 0.124. The SMILES string of the molecule is CCCC(NCC)C(CC)Oc1cccc(C)c1F. The average molecular weight is 267 g/mol. The molecule has 0 amide bonds. The Labute approximate surface area is 116 Å². The lowest BCUT2D eigenvalue weighted by Crippen LogP contribution is -2.42. The van der Waals surface area contributed by atoms with Crippen molar-refractivity contribution in [2.24, 2.45) is 0 Å². The van der Waals surface area contributed by atoms with Crippen LogP contribution in [0.25, 0.3) is 0 Å². The first-order valence-electron chi connectivity index (χ1n) is 7.29. The molecular weight excluding hydrogens is 241 g/mol. The normalized spacial score (nSPS) is 14.2. The smallest absolute Gasteiger partial charge is 0.167 e. The first-order valence-corrected chi connectivity index (χ1v) is 7.29. The first-order chi connectivity index (χ1) is 9.13. The molecule has 0 fully saturated rings. The van der Waals surface area contributed by atoms with Crippen LogP contribution >= 0.6 is 0 Å². The molecule has 0 spiro atoms. The van der Waals surface area contributed by atoms with Crippen LogP contribution in [0.4, 0.5) is 4.39 Å². The molecule has 0 aliphatic heterocycles. The highest BCUT2D eigenvalue weighted by Gasteiger charge is 2.21. The highest BCUT2D eigenvalue weighted by molar-refractivity contribution is 5.30. The van der Waals surface area contributed by atoms with E-state index in [9.17, 15) is 4.39 Å². The van der Waals surface area contributed by atoms with Gasteiger partial charge in [0.1, 0.15) is 6.10 Å². The van der Waals surface area contributed by atoms with Crippen molar-refractivity contribution in [1.82, 2.24) is 5.32 Å². The summed E-state index contributed by atoms with van der Waals surface area (Å²) in [7, 11) is 0. The summed E-state index contributed by atoms with van der Waals surface area (Å²) < 4.78 is 19.9. The Morgan fingerprint density at radius 3 is 2.58 bits per heavy atom. The van der Waals surface area contributed by atoms with Crippen LogP contribution in [-0.2, 0) is 0 Å². The van der Waals surface area contributed by atoms with Crippen molar-refractivity contribution in [3.05, 3.63) is 29.6 Å². The number of aryl methyl sites for hydroxylation is 1. The summed E-state index contributed by atoms with van der Waals surface area (Å²) in [6, 6.07) is 5.58. The van der Waals surface area contributed by atoms with Gasteiger partial charge in [-0.3, -0.25) is 0 Å². The van der Waals surface area contributed by atoms with Gasteiger partial charge in [-0.1, -0.05) is 39.3 Å². The maximum atomic E-state index is 14.0. The van der Waals surface area contributed by atoms with Crippen LogP contribution in [0.3, 0.4) is 0 Å². The van der Waals surface area contributed by atoms with Crippen LogP contribution in [0, 0.1) is 12.7 Å². The Kier molecular flexibility index (Phi) is 6.85. The highest BCUT2D eigenvalue weighted by Crippen LogP contribution is 2.23. The van der Waals surface area contributed by atoms with Crippen molar-refractivity contribution >= 4 is 0 Å². The molecule has 0 bridgehead atoms. The third kappa shape index (κ3) is 4.50. The number of likely N-dealkylation sites (N-methyl/N-ethyl adjacent to an activating group) is 1. The molecule has 19 heavy (non-hydrogen) atoms. The van der Waals surface area contributed by atoms with Gasteiger partial charge in [0.2, 0.25) is 0 Å². The van der Waals surface area contributed by atoms with Crippen molar-refractivity contribution in [1.29, 1.82) is 0 Å². The number of rotatable bonds is 8. The molecule has 1 aromatic carbocycles. The van der Waals surface area contributed by atoms with Gasteiger partial charge in [0.15, 0.2) is 11.6 Å². The van der Waals surface area contributed by atoms with E-state index in [1.165, 1.54) is 0 Å². The molecule has 2 nitrogen and oxygen atoms in total. The van der Waals surface area contributed by atoms with E-state index in [1.54, 1.807) is 19.1 Å². The molecular formula is C16H26FNO. The van der Waals surface area contributed by atoms with Crippen LogP contribution in [-0.4, -0.2) is 18.7 Å². The second-order valence-electron chi connectivity index (χ2n) is 4.90. The summed E-state index contributed by atoms with van der Waals surface area (Å²) in [5.41, 5.74) is 0.628. The number of hydrogen-bond acceptors (Lipinski definition) is 2. The van der Waals surface area contributed by atoms with Crippen LogP contribution in [0.1, 0.15) is 45.6 Å². The zero-order valence-electron chi connectivity index (χ0n) is 12.5. The minimum absolute atomic E-state index is 0.0104. The molecule has 1 rings (SSSR count). The number of hydrogen-bond donors (Lipinski definition) is 1. The molecule has 0 saturated heterocycles. The number of benzene rings is 1. The summed E-state index contributed by atoms with van der Waals surface area (Å²) >= 11 is 0. The second kappa shape index (κ2) is 8.16. The largest absolute Gasteiger partial charge is 0.486 e. The molecule has 3 heteroatoms. The predicted octanol–water partition coefficient (Wildman–Crippen LogP) is 4.07. The molecule has 0 heterocycles. The minimum atomic E-state index is -0.243. The van der Waals surface area contributed by atoms with E-state index >= 15 is 0 Å². The molecule has 1 N–H and O–H groups in total. The standard InChI is InChI=1S/C16H26FNO/c1-5-9-13(18-7-3)14(6-2)19-15-11-8-10-12(4)16(15)17/h8,10-11,13-14,18H,5-7,9H2,1-4H3. The molecule has 0 aliphatic rings.